The number of aromatic nitrogens is 2. The third kappa shape index (κ3) is 3.59. The Bertz CT molecular complexity index is 605. The summed E-state index contributed by atoms with van der Waals surface area (Å²) >= 11 is 0. The number of carbonyl (C=O) groups is 1. The average Bonchev–Trinajstić information content (AvgIpc) is 2.95. The fourth-order valence-electron chi connectivity index (χ4n) is 2.03. The topological polar surface area (TPSA) is 71.3 Å². The van der Waals surface area contributed by atoms with Gasteiger partial charge in [-0.2, -0.15) is 4.98 Å². The molecule has 21 heavy (non-hydrogen) atoms. The molecule has 0 saturated heterocycles. The van der Waals surface area contributed by atoms with E-state index < -0.39 is 0 Å². The van der Waals surface area contributed by atoms with Crippen molar-refractivity contribution in [3.63, 3.8) is 0 Å². The number of aryl methyl sites for hydroxylation is 1. The summed E-state index contributed by atoms with van der Waals surface area (Å²) in [6.07, 6.45) is 0. The van der Waals surface area contributed by atoms with E-state index in [0.717, 1.165) is 11.1 Å². The normalized spacial score (nSPS) is 10.4. The monoisotopic (exact) mass is 288 g/mol. The maximum atomic E-state index is 11.8. The lowest BCUT2D eigenvalue weighted by atomic mass is 10.1. The molecule has 6 nitrogen and oxygen atoms in total. The third-order valence-electron chi connectivity index (χ3n) is 3.30. The van der Waals surface area contributed by atoms with Gasteiger partial charge in [0.15, 0.2) is 0 Å². The highest BCUT2D eigenvalue weighted by atomic mass is 16.5. The molecule has 1 aromatic carbocycles. The van der Waals surface area contributed by atoms with Crippen molar-refractivity contribution >= 4 is 6.03 Å². The second-order valence-corrected chi connectivity index (χ2v) is 4.66. The number of nitrogens with one attached hydrogen (secondary N) is 1. The van der Waals surface area contributed by atoms with Crippen LogP contribution in [0.15, 0.2) is 28.8 Å². The van der Waals surface area contributed by atoms with Gasteiger partial charge in [0.2, 0.25) is 11.7 Å². The Morgan fingerprint density at radius 3 is 2.67 bits per heavy atom. The summed E-state index contributed by atoms with van der Waals surface area (Å²) in [6.45, 7) is 7.43. The second kappa shape index (κ2) is 6.88. The average molecular weight is 288 g/mol. The van der Waals surface area contributed by atoms with Crippen LogP contribution in [0.1, 0.15) is 25.3 Å². The van der Waals surface area contributed by atoms with Crippen LogP contribution in [0.2, 0.25) is 0 Å². The van der Waals surface area contributed by atoms with Gasteiger partial charge in [-0.05, 0) is 26.3 Å². The maximum absolute atomic E-state index is 11.8. The van der Waals surface area contributed by atoms with E-state index in [1.807, 2.05) is 45.0 Å². The SMILES string of the molecule is CCN(CC)C(=O)NCc1nc(-c2ccccc2C)no1. The van der Waals surface area contributed by atoms with Crippen LogP contribution in [0.5, 0.6) is 0 Å². The molecule has 0 aliphatic rings. The highest BCUT2D eigenvalue weighted by Crippen LogP contribution is 2.19. The minimum atomic E-state index is -0.129. The molecule has 0 unspecified atom stereocenters. The Balaban J connectivity index is 2.01. The van der Waals surface area contributed by atoms with E-state index in [9.17, 15) is 4.79 Å². The van der Waals surface area contributed by atoms with Gasteiger partial charge in [-0.3, -0.25) is 0 Å². The third-order valence-corrected chi connectivity index (χ3v) is 3.30. The van der Waals surface area contributed by atoms with E-state index >= 15 is 0 Å². The van der Waals surface area contributed by atoms with E-state index in [1.54, 1.807) is 4.90 Å². The van der Waals surface area contributed by atoms with Gasteiger partial charge in [-0.25, -0.2) is 4.79 Å². The zero-order valence-electron chi connectivity index (χ0n) is 12.6. The van der Waals surface area contributed by atoms with Crippen molar-refractivity contribution in [2.45, 2.75) is 27.3 Å². The summed E-state index contributed by atoms with van der Waals surface area (Å²) in [6, 6.07) is 7.70. The van der Waals surface area contributed by atoms with Crippen LogP contribution in [-0.2, 0) is 6.54 Å². The number of hydrogen-bond donors (Lipinski definition) is 1. The van der Waals surface area contributed by atoms with Gasteiger partial charge >= 0.3 is 6.03 Å². The molecular formula is C15H20N4O2. The molecule has 1 heterocycles. The standard InChI is InChI=1S/C15H20N4O2/c1-4-19(5-2)15(20)16-10-13-17-14(18-21-13)12-9-7-6-8-11(12)3/h6-9H,4-5,10H2,1-3H3,(H,16,20). The van der Waals surface area contributed by atoms with Gasteiger partial charge in [0, 0.05) is 18.7 Å². The van der Waals surface area contributed by atoms with E-state index in [2.05, 4.69) is 15.5 Å². The molecule has 0 radical (unpaired) electrons. The first-order valence-corrected chi connectivity index (χ1v) is 7.07. The van der Waals surface area contributed by atoms with Crippen LogP contribution in [0.25, 0.3) is 11.4 Å². The first-order valence-electron chi connectivity index (χ1n) is 7.07. The van der Waals surface area contributed by atoms with Gasteiger partial charge in [-0.1, -0.05) is 29.4 Å². The second-order valence-electron chi connectivity index (χ2n) is 4.66. The van der Waals surface area contributed by atoms with E-state index in [0.29, 0.717) is 24.8 Å². The van der Waals surface area contributed by atoms with Gasteiger partial charge < -0.3 is 14.7 Å². The first kappa shape index (κ1) is 15.0. The number of rotatable bonds is 5. The minimum absolute atomic E-state index is 0.129. The molecule has 1 aromatic heterocycles. The molecule has 0 atom stereocenters. The lowest BCUT2D eigenvalue weighted by Crippen LogP contribution is -2.39. The zero-order chi connectivity index (χ0) is 15.2. The van der Waals surface area contributed by atoms with E-state index in [-0.39, 0.29) is 12.6 Å². The lowest BCUT2D eigenvalue weighted by molar-refractivity contribution is 0.201. The van der Waals surface area contributed by atoms with Crippen molar-refractivity contribution in [2.75, 3.05) is 13.1 Å². The maximum Gasteiger partial charge on any atom is 0.317 e. The summed E-state index contributed by atoms with van der Waals surface area (Å²) in [4.78, 5) is 17.8. The zero-order valence-corrected chi connectivity index (χ0v) is 12.6. The lowest BCUT2D eigenvalue weighted by Gasteiger charge is -2.18. The molecule has 112 valence electrons. The Morgan fingerprint density at radius 1 is 1.29 bits per heavy atom. The number of nitrogens with zero attached hydrogens (tertiary/aromatic N) is 3. The molecule has 1 N–H and O–H groups in total. The van der Waals surface area contributed by atoms with Crippen LogP contribution in [0, 0.1) is 6.92 Å². The largest absolute Gasteiger partial charge is 0.337 e. The summed E-state index contributed by atoms with van der Waals surface area (Å²) in [7, 11) is 0. The van der Waals surface area contributed by atoms with Gasteiger partial charge in [-0.15, -0.1) is 0 Å². The van der Waals surface area contributed by atoms with Crippen LogP contribution in [0.3, 0.4) is 0 Å². The van der Waals surface area contributed by atoms with Crippen molar-refractivity contribution in [2.24, 2.45) is 0 Å². The smallest absolute Gasteiger partial charge is 0.317 e. The first-order chi connectivity index (χ1) is 10.2. The summed E-state index contributed by atoms with van der Waals surface area (Å²) in [5.41, 5.74) is 2.01. The molecule has 0 saturated carbocycles. The number of carbonyl (C=O) groups excluding carboxylic acids is 1. The molecule has 0 spiro atoms. The van der Waals surface area contributed by atoms with Crippen LogP contribution >= 0.6 is 0 Å². The number of urea groups is 1. The molecule has 6 heteroatoms. The van der Waals surface area contributed by atoms with Gasteiger partial charge in [0.05, 0.1) is 6.54 Å². The quantitative estimate of drug-likeness (QED) is 0.918. The fraction of sp³-hybridized carbons (Fsp3) is 0.400. The number of benzene rings is 1. The summed E-state index contributed by atoms with van der Waals surface area (Å²) in [5, 5.41) is 6.73. The van der Waals surface area contributed by atoms with Crippen molar-refractivity contribution in [3.05, 3.63) is 35.7 Å². The molecule has 0 fully saturated rings. The molecule has 2 rings (SSSR count). The molecule has 0 aliphatic heterocycles. The van der Waals surface area contributed by atoms with Crippen molar-refractivity contribution < 1.29 is 9.32 Å². The Morgan fingerprint density at radius 2 is 2.00 bits per heavy atom. The van der Waals surface area contributed by atoms with E-state index in [4.69, 9.17) is 4.52 Å². The van der Waals surface area contributed by atoms with Crippen molar-refractivity contribution in [1.82, 2.24) is 20.4 Å². The van der Waals surface area contributed by atoms with Gasteiger partial charge in [0.25, 0.3) is 0 Å². The van der Waals surface area contributed by atoms with Crippen LogP contribution in [0.4, 0.5) is 4.79 Å². The molecule has 0 bridgehead atoms. The van der Waals surface area contributed by atoms with Crippen molar-refractivity contribution in [3.8, 4) is 11.4 Å². The Kier molecular flexibility index (Phi) is 4.92. The predicted molar refractivity (Wildman–Crippen MR) is 79.6 cm³/mol. The Labute approximate surface area is 124 Å². The minimum Gasteiger partial charge on any atom is -0.337 e. The summed E-state index contributed by atoms with van der Waals surface area (Å²) < 4.78 is 5.18. The fourth-order valence-corrected chi connectivity index (χ4v) is 2.03. The number of amides is 2. The molecule has 0 aliphatic carbocycles. The highest BCUT2D eigenvalue weighted by Gasteiger charge is 2.13. The molecular weight excluding hydrogens is 268 g/mol. The Hall–Kier alpha value is -2.37. The molecule has 2 amide bonds. The van der Waals surface area contributed by atoms with Crippen LogP contribution < -0.4 is 5.32 Å². The van der Waals surface area contributed by atoms with Crippen LogP contribution in [-0.4, -0.2) is 34.2 Å². The van der Waals surface area contributed by atoms with Gasteiger partial charge in [0.1, 0.15) is 0 Å². The predicted octanol–water partition coefficient (Wildman–Crippen LogP) is 2.60. The highest BCUT2D eigenvalue weighted by molar-refractivity contribution is 5.73. The summed E-state index contributed by atoms with van der Waals surface area (Å²) in [5.74, 6) is 0.939. The molecule has 2 aromatic rings. The van der Waals surface area contributed by atoms with Crippen molar-refractivity contribution in [1.29, 1.82) is 0 Å². The van der Waals surface area contributed by atoms with E-state index in [1.165, 1.54) is 0 Å². The number of hydrogen-bond acceptors (Lipinski definition) is 4.